The summed E-state index contributed by atoms with van der Waals surface area (Å²) in [6, 6.07) is 7.66. The number of pyridine rings is 1. The zero-order valence-electron chi connectivity index (χ0n) is 13.7. The lowest BCUT2D eigenvalue weighted by molar-refractivity contribution is 0.102. The van der Waals surface area contributed by atoms with E-state index < -0.39 is 0 Å². The van der Waals surface area contributed by atoms with Gasteiger partial charge in [0.05, 0.1) is 5.75 Å². The Morgan fingerprint density at radius 1 is 1.28 bits per heavy atom. The van der Waals surface area contributed by atoms with Crippen molar-refractivity contribution in [1.82, 2.24) is 24.1 Å². The first kappa shape index (κ1) is 16.0. The van der Waals surface area contributed by atoms with E-state index in [1.165, 1.54) is 11.8 Å². The average molecular weight is 369 g/mol. The van der Waals surface area contributed by atoms with Crippen LogP contribution in [-0.2, 0) is 0 Å². The zero-order valence-corrected chi connectivity index (χ0v) is 15.3. The third-order valence-electron chi connectivity index (χ3n) is 3.96. The van der Waals surface area contributed by atoms with Crippen molar-refractivity contribution >= 4 is 34.5 Å². The Labute approximate surface area is 152 Å². The van der Waals surface area contributed by atoms with E-state index in [-0.39, 0.29) is 5.78 Å². The number of carbonyl (C=O) groups excluding carboxylic acids is 1. The highest BCUT2D eigenvalue weighted by molar-refractivity contribution is 7.99. The van der Waals surface area contributed by atoms with Gasteiger partial charge >= 0.3 is 0 Å². The molecule has 0 fully saturated rings. The molecule has 4 heterocycles. The second kappa shape index (κ2) is 6.45. The molecule has 0 aliphatic heterocycles. The van der Waals surface area contributed by atoms with Gasteiger partial charge in [0.1, 0.15) is 0 Å². The summed E-state index contributed by atoms with van der Waals surface area (Å²) in [5, 5.41) is 11.8. The van der Waals surface area contributed by atoms with E-state index in [0.29, 0.717) is 5.75 Å². The number of carbonyl (C=O) groups is 1. The van der Waals surface area contributed by atoms with Gasteiger partial charge in [-0.2, -0.15) is 0 Å². The average Bonchev–Trinajstić information content (AvgIpc) is 3.32. The molecule has 0 unspecified atom stereocenters. The molecular weight excluding hydrogens is 354 g/mol. The number of aryl methyl sites for hydroxylation is 1. The van der Waals surface area contributed by atoms with Crippen LogP contribution in [0.3, 0.4) is 0 Å². The van der Waals surface area contributed by atoms with Crippen LogP contribution >= 0.6 is 23.1 Å². The van der Waals surface area contributed by atoms with E-state index >= 15 is 0 Å². The maximum absolute atomic E-state index is 12.7. The molecule has 0 aliphatic carbocycles. The normalized spacial score (nSPS) is 11.3. The molecule has 0 bridgehead atoms. The summed E-state index contributed by atoms with van der Waals surface area (Å²) in [6.45, 7) is 3.95. The van der Waals surface area contributed by atoms with E-state index in [4.69, 9.17) is 0 Å². The number of Topliss-reactive ketones (excluding diaryl/α,β-unsaturated/α-hetero) is 1. The van der Waals surface area contributed by atoms with E-state index in [2.05, 4.69) is 15.2 Å². The maximum atomic E-state index is 12.7. The number of rotatable bonds is 5. The first-order valence-electron chi connectivity index (χ1n) is 7.69. The van der Waals surface area contributed by atoms with Gasteiger partial charge in [-0.05, 0) is 32.0 Å². The van der Waals surface area contributed by atoms with Gasteiger partial charge in [-0.25, -0.2) is 4.98 Å². The smallest absolute Gasteiger partial charge is 0.196 e. The third kappa shape index (κ3) is 2.87. The molecule has 0 amide bonds. The number of aromatic nitrogens is 5. The van der Waals surface area contributed by atoms with Crippen molar-refractivity contribution in [2.45, 2.75) is 19.0 Å². The predicted octanol–water partition coefficient (Wildman–Crippen LogP) is 3.57. The fourth-order valence-corrected chi connectivity index (χ4v) is 4.35. The molecule has 4 aromatic rings. The second-order valence-electron chi connectivity index (χ2n) is 5.56. The van der Waals surface area contributed by atoms with Crippen LogP contribution in [0.25, 0.3) is 10.8 Å². The lowest BCUT2D eigenvalue weighted by atomic mass is 10.2. The lowest BCUT2D eigenvalue weighted by Gasteiger charge is -2.05. The molecule has 0 aromatic carbocycles. The van der Waals surface area contributed by atoms with Gasteiger partial charge in [-0.3, -0.25) is 13.8 Å². The van der Waals surface area contributed by atoms with E-state index in [1.807, 2.05) is 58.7 Å². The lowest BCUT2D eigenvalue weighted by Crippen LogP contribution is -2.06. The van der Waals surface area contributed by atoms with Crippen LogP contribution in [0.1, 0.15) is 21.7 Å². The fraction of sp³-hybridized carbons (Fsp3) is 0.176. The zero-order chi connectivity index (χ0) is 17.4. The Bertz CT molecular complexity index is 1050. The monoisotopic (exact) mass is 369 g/mol. The summed E-state index contributed by atoms with van der Waals surface area (Å²) in [5.41, 5.74) is 3.44. The van der Waals surface area contributed by atoms with Crippen LogP contribution in [0.15, 0.2) is 47.2 Å². The van der Waals surface area contributed by atoms with E-state index in [0.717, 1.165) is 32.9 Å². The van der Waals surface area contributed by atoms with Gasteiger partial charge < -0.3 is 0 Å². The van der Waals surface area contributed by atoms with Crippen LogP contribution in [0.2, 0.25) is 0 Å². The minimum absolute atomic E-state index is 0.0774. The number of hydrogen-bond acceptors (Lipinski definition) is 6. The predicted molar refractivity (Wildman–Crippen MR) is 99.0 cm³/mol. The molecule has 126 valence electrons. The molecule has 4 rings (SSSR count). The van der Waals surface area contributed by atoms with E-state index in [9.17, 15) is 4.79 Å². The SMILES string of the molecule is Cc1cc(C(=O)CSc2nnc3ccccn23)c(C)n1-c1nccs1. The highest BCUT2D eigenvalue weighted by atomic mass is 32.2. The van der Waals surface area contributed by atoms with Crippen molar-refractivity contribution in [2.75, 3.05) is 5.75 Å². The molecule has 6 nitrogen and oxygen atoms in total. The molecule has 4 aromatic heterocycles. The number of thioether (sulfide) groups is 1. The first-order chi connectivity index (χ1) is 12.1. The van der Waals surface area contributed by atoms with Crippen molar-refractivity contribution in [3.63, 3.8) is 0 Å². The Kier molecular flexibility index (Phi) is 4.14. The number of hydrogen-bond donors (Lipinski definition) is 0. The first-order valence-corrected chi connectivity index (χ1v) is 9.56. The van der Waals surface area contributed by atoms with Gasteiger partial charge in [0, 0.05) is 34.7 Å². The minimum atomic E-state index is 0.0774. The number of ketones is 1. The van der Waals surface area contributed by atoms with Gasteiger partial charge in [-0.1, -0.05) is 17.8 Å². The third-order valence-corrected chi connectivity index (χ3v) is 5.66. The number of fused-ring (bicyclic) bond motifs is 1. The summed E-state index contributed by atoms with van der Waals surface area (Å²) in [6.07, 6.45) is 3.67. The Hall–Kier alpha value is -2.45. The summed E-state index contributed by atoms with van der Waals surface area (Å²) >= 11 is 2.95. The molecule has 0 atom stereocenters. The maximum Gasteiger partial charge on any atom is 0.196 e. The highest BCUT2D eigenvalue weighted by Gasteiger charge is 2.18. The van der Waals surface area contributed by atoms with Crippen molar-refractivity contribution in [3.8, 4) is 5.13 Å². The van der Waals surface area contributed by atoms with Crippen LogP contribution < -0.4 is 0 Å². The molecule has 0 aliphatic rings. The molecular formula is C17H15N5OS2. The largest absolute Gasteiger partial charge is 0.294 e. The van der Waals surface area contributed by atoms with Crippen molar-refractivity contribution in [3.05, 3.63) is 59.0 Å². The highest BCUT2D eigenvalue weighted by Crippen LogP contribution is 2.25. The van der Waals surface area contributed by atoms with Crippen LogP contribution in [0, 0.1) is 13.8 Å². The van der Waals surface area contributed by atoms with Crippen LogP contribution in [0.4, 0.5) is 0 Å². The van der Waals surface area contributed by atoms with E-state index in [1.54, 1.807) is 17.5 Å². The molecule has 8 heteroatoms. The molecule has 0 spiro atoms. The molecule has 25 heavy (non-hydrogen) atoms. The fourth-order valence-electron chi connectivity index (χ4n) is 2.79. The van der Waals surface area contributed by atoms with Crippen molar-refractivity contribution < 1.29 is 4.79 Å². The topological polar surface area (TPSA) is 65.1 Å². The van der Waals surface area contributed by atoms with Gasteiger partial charge in [-0.15, -0.1) is 21.5 Å². The number of nitrogens with zero attached hydrogens (tertiary/aromatic N) is 5. The molecule has 0 radical (unpaired) electrons. The summed E-state index contributed by atoms with van der Waals surface area (Å²) in [4.78, 5) is 17.1. The minimum Gasteiger partial charge on any atom is -0.294 e. The standard InChI is InChI=1S/C17H15N5OS2/c1-11-9-13(12(2)22(11)16-18-6-8-24-16)14(23)10-25-17-20-19-15-5-3-4-7-21(15)17/h3-9H,10H2,1-2H3. The Morgan fingerprint density at radius 2 is 2.16 bits per heavy atom. The van der Waals surface area contributed by atoms with Crippen molar-refractivity contribution in [1.29, 1.82) is 0 Å². The Balaban J connectivity index is 1.57. The second-order valence-corrected chi connectivity index (χ2v) is 7.37. The summed E-state index contributed by atoms with van der Waals surface area (Å²) < 4.78 is 3.91. The Morgan fingerprint density at radius 3 is 2.96 bits per heavy atom. The van der Waals surface area contributed by atoms with Gasteiger partial charge in [0.25, 0.3) is 0 Å². The van der Waals surface area contributed by atoms with Crippen LogP contribution in [-0.4, -0.2) is 35.7 Å². The molecule has 0 saturated heterocycles. The van der Waals surface area contributed by atoms with Gasteiger partial charge in [0.2, 0.25) is 0 Å². The van der Waals surface area contributed by atoms with Crippen molar-refractivity contribution in [2.24, 2.45) is 0 Å². The van der Waals surface area contributed by atoms with Crippen LogP contribution in [0.5, 0.6) is 0 Å². The summed E-state index contributed by atoms with van der Waals surface area (Å²) in [5.74, 6) is 0.395. The molecule has 0 saturated carbocycles. The molecule has 0 N–H and O–H groups in total. The quantitative estimate of drug-likeness (QED) is 0.397. The number of thiazole rings is 1. The summed E-state index contributed by atoms with van der Waals surface area (Å²) in [7, 11) is 0. The van der Waals surface area contributed by atoms with Gasteiger partial charge in [0.15, 0.2) is 21.7 Å².